The Morgan fingerprint density at radius 1 is 0.964 bits per heavy atom. The molecule has 1 saturated heterocycles. The van der Waals surface area contributed by atoms with Crippen molar-refractivity contribution in [2.24, 2.45) is 0 Å². The lowest BCUT2D eigenvalue weighted by Gasteiger charge is -2.24. The number of aromatic nitrogens is 1. The van der Waals surface area contributed by atoms with Crippen LogP contribution in [0.4, 0.5) is 0 Å². The fourth-order valence-electron chi connectivity index (χ4n) is 3.97. The number of aryl methyl sites for hydroxylation is 2. The highest BCUT2D eigenvalue weighted by Crippen LogP contribution is 2.33. The van der Waals surface area contributed by atoms with E-state index in [1.807, 2.05) is 80.6 Å². The molecular formula is C24H24N2O2. The third kappa shape index (κ3) is 3.56. The van der Waals surface area contributed by atoms with E-state index in [1.54, 1.807) is 4.90 Å². The highest BCUT2D eigenvalue weighted by atomic mass is 16.3. The van der Waals surface area contributed by atoms with Crippen molar-refractivity contribution < 1.29 is 9.90 Å². The summed E-state index contributed by atoms with van der Waals surface area (Å²) >= 11 is 0. The standard InChI is InChI=1S/C24H24N2O2/c1-17-13-21(14-18(2)25-17)19-7-6-8-20(15-19)23(27)26-12-11-24(28,16-26)22-9-4-3-5-10-22/h3-10,13-15,28H,11-12,16H2,1-2H3/t24-/m1/s1. The molecule has 1 amide bonds. The van der Waals surface area contributed by atoms with E-state index >= 15 is 0 Å². The van der Waals surface area contributed by atoms with Gasteiger partial charge >= 0.3 is 0 Å². The number of likely N-dealkylation sites (tertiary alicyclic amines) is 1. The molecule has 4 heteroatoms. The third-order valence-corrected chi connectivity index (χ3v) is 5.37. The zero-order chi connectivity index (χ0) is 19.7. The normalized spacial score (nSPS) is 19.0. The Bertz CT molecular complexity index is 996. The number of carbonyl (C=O) groups excluding carboxylic acids is 1. The van der Waals surface area contributed by atoms with Crippen molar-refractivity contribution >= 4 is 5.91 Å². The number of pyridine rings is 1. The molecule has 1 fully saturated rings. The second kappa shape index (κ2) is 7.21. The molecule has 1 aliphatic heterocycles. The van der Waals surface area contributed by atoms with Crippen LogP contribution in [0.5, 0.6) is 0 Å². The first kappa shape index (κ1) is 18.4. The van der Waals surface area contributed by atoms with Crippen molar-refractivity contribution in [2.75, 3.05) is 13.1 Å². The van der Waals surface area contributed by atoms with Crippen LogP contribution in [-0.4, -0.2) is 34.0 Å². The molecule has 2 aromatic carbocycles. The average molecular weight is 372 g/mol. The van der Waals surface area contributed by atoms with Crippen molar-refractivity contribution in [2.45, 2.75) is 25.9 Å². The van der Waals surface area contributed by atoms with Crippen molar-refractivity contribution in [3.63, 3.8) is 0 Å². The number of carbonyl (C=O) groups is 1. The van der Waals surface area contributed by atoms with Crippen LogP contribution in [-0.2, 0) is 5.60 Å². The van der Waals surface area contributed by atoms with E-state index in [2.05, 4.69) is 4.98 Å². The molecule has 2 heterocycles. The van der Waals surface area contributed by atoms with Gasteiger partial charge < -0.3 is 10.0 Å². The topological polar surface area (TPSA) is 53.4 Å². The van der Waals surface area contributed by atoms with Gasteiger partial charge in [0.25, 0.3) is 5.91 Å². The zero-order valence-corrected chi connectivity index (χ0v) is 16.2. The molecule has 4 nitrogen and oxygen atoms in total. The highest BCUT2D eigenvalue weighted by Gasteiger charge is 2.39. The summed E-state index contributed by atoms with van der Waals surface area (Å²) < 4.78 is 0. The van der Waals surface area contributed by atoms with Gasteiger partial charge in [-0.05, 0) is 61.2 Å². The first-order chi connectivity index (χ1) is 13.4. The average Bonchev–Trinajstić information content (AvgIpc) is 3.11. The molecule has 0 bridgehead atoms. The van der Waals surface area contributed by atoms with Crippen molar-refractivity contribution in [1.29, 1.82) is 0 Å². The largest absolute Gasteiger partial charge is 0.383 e. The van der Waals surface area contributed by atoms with E-state index in [4.69, 9.17) is 0 Å². The summed E-state index contributed by atoms with van der Waals surface area (Å²) in [6.07, 6.45) is 0.547. The molecule has 1 aromatic heterocycles. The van der Waals surface area contributed by atoms with Crippen LogP contribution in [0.15, 0.2) is 66.7 Å². The van der Waals surface area contributed by atoms with Gasteiger partial charge in [-0.3, -0.25) is 9.78 Å². The quantitative estimate of drug-likeness (QED) is 0.753. The molecule has 0 unspecified atom stereocenters. The number of nitrogens with zero attached hydrogens (tertiary/aromatic N) is 2. The summed E-state index contributed by atoms with van der Waals surface area (Å²) in [7, 11) is 0. The molecule has 0 spiro atoms. The molecule has 1 N–H and O–H groups in total. The number of benzene rings is 2. The number of hydrogen-bond donors (Lipinski definition) is 1. The fourth-order valence-corrected chi connectivity index (χ4v) is 3.97. The van der Waals surface area contributed by atoms with E-state index < -0.39 is 5.60 Å². The molecule has 142 valence electrons. The summed E-state index contributed by atoms with van der Waals surface area (Å²) in [6.45, 7) is 4.80. The SMILES string of the molecule is Cc1cc(-c2cccc(C(=O)N3CC[C@](O)(c4ccccc4)C3)c2)cc(C)n1. The van der Waals surface area contributed by atoms with E-state index in [-0.39, 0.29) is 5.91 Å². The van der Waals surface area contributed by atoms with Crippen LogP contribution in [0, 0.1) is 13.8 Å². The minimum absolute atomic E-state index is 0.0452. The van der Waals surface area contributed by atoms with Gasteiger partial charge in [-0.1, -0.05) is 42.5 Å². The van der Waals surface area contributed by atoms with E-state index in [0.29, 0.717) is 25.1 Å². The van der Waals surface area contributed by atoms with E-state index in [9.17, 15) is 9.90 Å². The summed E-state index contributed by atoms with van der Waals surface area (Å²) in [4.78, 5) is 19.3. The number of β-amino-alcohol motifs (C(OH)–C–C–N with tert-alkyl or cyclic N) is 1. The lowest BCUT2D eigenvalue weighted by molar-refractivity contribution is 0.0417. The Morgan fingerprint density at radius 3 is 2.39 bits per heavy atom. The van der Waals surface area contributed by atoms with Crippen molar-refractivity contribution in [3.05, 3.63) is 89.2 Å². The van der Waals surface area contributed by atoms with Crippen LogP contribution in [0.1, 0.15) is 33.7 Å². The van der Waals surface area contributed by atoms with Crippen molar-refractivity contribution in [3.8, 4) is 11.1 Å². The van der Waals surface area contributed by atoms with Crippen molar-refractivity contribution in [1.82, 2.24) is 9.88 Å². The van der Waals surface area contributed by atoms with Gasteiger partial charge in [0.05, 0.1) is 6.54 Å². The molecule has 1 aliphatic rings. The fraction of sp³-hybridized carbons (Fsp3) is 0.250. The lowest BCUT2D eigenvalue weighted by atomic mass is 9.93. The van der Waals surface area contributed by atoms with Gasteiger partial charge in [0, 0.05) is 23.5 Å². The highest BCUT2D eigenvalue weighted by molar-refractivity contribution is 5.95. The van der Waals surface area contributed by atoms with Gasteiger partial charge in [0.2, 0.25) is 0 Å². The van der Waals surface area contributed by atoms with Crippen LogP contribution in [0.3, 0.4) is 0 Å². The van der Waals surface area contributed by atoms with Gasteiger partial charge in [-0.15, -0.1) is 0 Å². The monoisotopic (exact) mass is 372 g/mol. The molecule has 28 heavy (non-hydrogen) atoms. The predicted molar refractivity (Wildman–Crippen MR) is 110 cm³/mol. The second-order valence-electron chi connectivity index (χ2n) is 7.59. The Morgan fingerprint density at radius 2 is 1.68 bits per heavy atom. The smallest absolute Gasteiger partial charge is 0.253 e. The van der Waals surface area contributed by atoms with Crippen LogP contribution in [0.25, 0.3) is 11.1 Å². The third-order valence-electron chi connectivity index (χ3n) is 5.37. The summed E-state index contributed by atoms with van der Waals surface area (Å²) in [5.41, 5.74) is 4.49. The molecule has 0 radical (unpaired) electrons. The van der Waals surface area contributed by atoms with Gasteiger partial charge in [-0.2, -0.15) is 0 Å². The maximum absolute atomic E-state index is 13.1. The summed E-state index contributed by atoms with van der Waals surface area (Å²) in [5.74, 6) is -0.0452. The molecule has 0 saturated carbocycles. The maximum atomic E-state index is 13.1. The van der Waals surface area contributed by atoms with E-state index in [0.717, 1.165) is 28.1 Å². The predicted octanol–water partition coefficient (Wildman–Crippen LogP) is 4.10. The Kier molecular flexibility index (Phi) is 4.73. The summed E-state index contributed by atoms with van der Waals surface area (Å²) in [6, 6.07) is 21.3. The second-order valence-corrected chi connectivity index (χ2v) is 7.59. The number of hydrogen-bond acceptors (Lipinski definition) is 3. The van der Waals surface area contributed by atoms with Gasteiger partial charge in [0.15, 0.2) is 0 Å². The minimum Gasteiger partial charge on any atom is -0.383 e. The lowest BCUT2D eigenvalue weighted by Crippen LogP contribution is -2.34. The minimum atomic E-state index is -0.978. The summed E-state index contributed by atoms with van der Waals surface area (Å²) in [5, 5.41) is 11.0. The van der Waals surface area contributed by atoms with Gasteiger partial charge in [0.1, 0.15) is 5.60 Å². The molecule has 0 aliphatic carbocycles. The molecule has 1 atom stereocenters. The number of amides is 1. The van der Waals surface area contributed by atoms with E-state index in [1.165, 1.54) is 0 Å². The Labute approximate surface area is 165 Å². The Hall–Kier alpha value is -2.98. The number of rotatable bonds is 3. The molecule has 4 rings (SSSR count). The zero-order valence-electron chi connectivity index (χ0n) is 16.2. The van der Waals surface area contributed by atoms with Crippen LogP contribution < -0.4 is 0 Å². The first-order valence-electron chi connectivity index (χ1n) is 9.57. The van der Waals surface area contributed by atoms with Gasteiger partial charge in [-0.25, -0.2) is 0 Å². The maximum Gasteiger partial charge on any atom is 0.253 e. The Balaban J connectivity index is 1.58. The van der Waals surface area contributed by atoms with Crippen LogP contribution in [0.2, 0.25) is 0 Å². The number of aliphatic hydroxyl groups is 1. The molecule has 3 aromatic rings. The first-order valence-corrected chi connectivity index (χ1v) is 9.57. The molecular weight excluding hydrogens is 348 g/mol. The van der Waals surface area contributed by atoms with Crippen LogP contribution >= 0.6 is 0 Å².